The number of rotatable bonds is 5. The van der Waals surface area contributed by atoms with Gasteiger partial charge in [0.1, 0.15) is 5.82 Å². The van der Waals surface area contributed by atoms with E-state index in [2.05, 4.69) is 40.1 Å². The molecule has 26 heavy (non-hydrogen) atoms. The molecule has 1 aliphatic heterocycles. The summed E-state index contributed by atoms with van der Waals surface area (Å²) in [7, 11) is 2.13. The van der Waals surface area contributed by atoms with Gasteiger partial charge in [0.05, 0.1) is 22.1 Å². The van der Waals surface area contributed by atoms with Crippen LogP contribution in [0.1, 0.15) is 12.5 Å². The van der Waals surface area contributed by atoms with E-state index < -0.39 is 4.92 Å². The van der Waals surface area contributed by atoms with Crippen LogP contribution in [0, 0.1) is 21.4 Å². The molecule has 1 N–H and O–H groups in total. The lowest BCUT2D eigenvalue weighted by atomic mass is 10.1. The molecule has 8 nitrogen and oxygen atoms in total. The fourth-order valence-corrected chi connectivity index (χ4v) is 3.21. The Balaban J connectivity index is 1.76. The first-order valence-electron chi connectivity index (χ1n) is 8.63. The van der Waals surface area contributed by atoms with Crippen molar-refractivity contribution < 1.29 is 4.92 Å². The molecule has 1 aromatic carbocycles. The Hall–Kier alpha value is -2.76. The Bertz CT molecular complexity index is 855. The van der Waals surface area contributed by atoms with Crippen molar-refractivity contribution in [1.29, 1.82) is 5.26 Å². The van der Waals surface area contributed by atoms with Gasteiger partial charge in [0.15, 0.2) is 0 Å². The van der Waals surface area contributed by atoms with Crippen molar-refractivity contribution in [1.82, 2.24) is 14.8 Å². The summed E-state index contributed by atoms with van der Waals surface area (Å²) in [6, 6.07) is 8.35. The minimum atomic E-state index is -0.467. The standard InChI is InChI=1S/C18H22N6O2/c1-13(12-23-7-5-22(2)6-8-23)20-18-9-14(11-19)16-10-15(24(25)26)3-4-17(16)21-18/h3-4,9-10,13H,5-8,12H2,1-2H3,(H,20,21). The Kier molecular flexibility index (Phi) is 5.30. The van der Waals surface area contributed by atoms with Gasteiger partial charge in [-0.2, -0.15) is 5.26 Å². The third kappa shape index (κ3) is 4.07. The van der Waals surface area contributed by atoms with Crippen LogP contribution in [0.2, 0.25) is 0 Å². The molecule has 0 spiro atoms. The van der Waals surface area contributed by atoms with E-state index >= 15 is 0 Å². The van der Waals surface area contributed by atoms with Crippen molar-refractivity contribution in [3.63, 3.8) is 0 Å². The first kappa shape index (κ1) is 18.0. The van der Waals surface area contributed by atoms with E-state index in [0.29, 0.717) is 22.3 Å². The summed E-state index contributed by atoms with van der Waals surface area (Å²) in [5.41, 5.74) is 0.914. The summed E-state index contributed by atoms with van der Waals surface area (Å²) in [4.78, 5) is 19.7. The zero-order chi connectivity index (χ0) is 18.7. The molecule has 1 unspecified atom stereocenters. The van der Waals surface area contributed by atoms with Crippen LogP contribution in [0.15, 0.2) is 24.3 Å². The second-order valence-corrected chi connectivity index (χ2v) is 6.77. The lowest BCUT2D eigenvalue weighted by Crippen LogP contribution is -2.47. The van der Waals surface area contributed by atoms with E-state index in [1.165, 1.54) is 12.1 Å². The quantitative estimate of drug-likeness (QED) is 0.648. The van der Waals surface area contributed by atoms with Gasteiger partial charge in [-0.15, -0.1) is 0 Å². The Morgan fingerprint density at radius 3 is 2.73 bits per heavy atom. The summed E-state index contributed by atoms with van der Waals surface area (Å²) < 4.78 is 0. The van der Waals surface area contributed by atoms with Gasteiger partial charge in [-0.05, 0) is 26.1 Å². The number of nitro groups is 1. The van der Waals surface area contributed by atoms with Gasteiger partial charge in [-0.3, -0.25) is 15.0 Å². The van der Waals surface area contributed by atoms with E-state index in [1.54, 1.807) is 12.1 Å². The van der Waals surface area contributed by atoms with Crippen LogP contribution < -0.4 is 5.32 Å². The van der Waals surface area contributed by atoms with Gasteiger partial charge in [0.2, 0.25) is 0 Å². The maximum atomic E-state index is 10.9. The van der Waals surface area contributed by atoms with Crippen LogP contribution in [0.4, 0.5) is 11.5 Å². The maximum Gasteiger partial charge on any atom is 0.270 e. The average molecular weight is 354 g/mol. The molecule has 3 rings (SSSR count). The number of aromatic nitrogens is 1. The molecular weight excluding hydrogens is 332 g/mol. The number of anilines is 1. The number of nitrogens with zero attached hydrogens (tertiary/aromatic N) is 5. The van der Waals surface area contributed by atoms with Crippen molar-refractivity contribution in [2.45, 2.75) is 13.0 Å². The van der Waals surface area contributed by atoms with E-state index in [1.807, 2.05) is 0 Å². The number of likely N-dealkylation sites (N-methyl/N-ethyl adjacent to an activating group) is 1. The molecule has 8 heteroatoms. The van der Waals surface area contributed by atoms with Crippen LogP contribution >= 0.6 is 0 Å². The van der Waals surface area contributed by atoms with Gasteiger partial charge in [0.25, 0.3) is 5.69 Å². The highest BCUT2D eigenvalue weighted by Gasteiger charge is 2.17. The van der Waals surface area contributed by atoms with Gasteiger partial charge < -0.3 is 10.2 Å². The molecular formula is C18H22N6O2. The lowest BCUT2D eigenvalue weighted by molar-refractivity contribution is -0.384. The number of pyridine rings is 1. The van der Waals surface area contributed by atoms with Crippen molar-refractivity contribution in [2.24, 2.45) is 0 Å². The SMILES string of the molecule is CC(CN1CCN(C)CC1)Nc1cc(C#N)c2cc([N+](=O)[O-])ccc2n1. The molecule has 0 bridgehead atoms. The zero-order valence-electron chi connectivity index (χ0n) is 15.0. The Labute approximate surface area is 152 Å². The smallest absolute Gasteiger partial charge is 0.270 e. The highest BCUT2D eigenvalue weighted by atomic mass is 16.6. The third-order valence-electron chi connectivity index (χ3n) is 4.65. The topological polar surface area (TPSA) is 98.3 Å². The minimum Gasteiger partial charge on any atom is -0.366 e. The normalized spacial score (nSPS) is 17.0. The summed E-state index contributed by atoms with van der Waals surface area (Å²) in [5.74, 6) is 0.615. The number of nitriles is 1. The molecule has 2 heterocycles. The van der Waals surface area contributed by atoms with Crippen molar-refractivity contribution in [2.75, 3.05) is 45.1 Å². The Morgan fingerprint density at radius 1 is 1.35 bits per heavy atom. The molecule has 1 atom stereocenters. The maximum absolute atomic E-state index is 10.9. The second-order valence-electron chi connectivity index (χ2n) is 6.77. The fourth-order valence-electron chi connectivity index (χ4n) is 3.21. The number of benzene rings is 1. The van der Waals surface area contributed by atoms with E-state index in [-0.39, 0.29) is 11.7 Å². The summed E-state index contributed by atoms with van der Waals surface area (Å²) in [6.07, 6.45) is 0. The molecule has 0 aliphatic carbocycles. The number of nitrogens with one attached hydrogen (secondary N) is 1. The highest BCUT2D eigenvalue weighted by molar-refractivity contribution is 5.88. The number of nitro benzene ring substituents is 1. The summed E-state index contributed by atoms with van der Waals surface area (Å²) in [6.45, 7) is 7.21. The van der Waals surface area contributed by atoms with E-state index in [9.17, 15) is 15.4 Å². The number of piperazine rings is 1. The number of non-ortho nitro benzene ring substituents is 1. The van der Waals surface area contributed by atoms with E-state index in [4.69, 9.17) is 0 Å². The van der Waals surface area contributed by atoms with Gasteiger partial charge in [-0.25, -0.2) is 4.98 Å². The minimum absolute atomic E-state index is 0.0417. The second kappa shape index (κ2) is 7.64. The van der Waals surface area contributed by atoms with Crippen LogP contribution in [0.25, 0.3) is 10.9 Å². The lowest BCUT2D eigenvalue weighted by Gasteiger charge is -2.34. The van der Waals surface area contributed by atoms with Crippen molar-refractivity contribution >= 4 is 22.4 Å². The van der Waals surface area contributed by atoms with Crippen LogP contribution in [0.5, 0.6) is 0 Å². The van der Waals surface area contributed by atoms with Crippen LogP contribution in [-0.4, -0.2) is 65.5 Å². The fraction of sp³-hybridized carbons (Fsp3) is 0.444. The van der Waals surface area contributed by atoms with Crippen molar-refractivity contribution in [3.8, 4) is 6.07 Å². The molecule has 136 valence electrons. The predicted molar refractivity (Wildman–Crippen MR) is 100 cm³/mol. The molecule has 1 aliphatic rings. The molecule has 0 amide bonds. The van der Waals surface area contributed by atoms with Gasteiger partial charge in [-0.1, -0.05) is 0 Å². The first-order valence-corrected chi connectivity index (χ1v) is 8.63. The molecule has 1 fully saturated rings. The van der Waals surface area contributed by atoms with Gasteiger partial charge in [0, 0.05) is 56.3 Å². The molecule has 1 saturated heterocycles. The third-order valence-corrected chi connectivity index (χ3v) is 4.65. The molecule has 2 aromatic rings. The summed E-state index contributed by atoms with van der Waals surface area (Å²) >= 11 is 0. The number of hydrogen-bond acceptors (Lipinski definition) is 7. The number of hydrogen-bond donors (Lipinski definition) is 1. The Morgan fingerprint density at radius 2 is 2.08 bits per heavy atom. The molecule has 0 saturated carbocycles. The molecule has 1 aromatic heterocycles. The first-order chi connectivity index (χ1) is 12.5. The van der Waals surface area contributed by atoms with Crippen LogP contribution in [-0.2, 0) is 0 Å². The highest BCUT2D eigenvalue weighted by Crippen LogP contribution is 2.25. The van der Waals surface area contributed by atoms with Crippen LogP contribution in [0.3, 0.4) is 0 Å². The zero-order valence-corrected chi connectivity index (χ0v) is 15.0. The molecule has 0 radical (unpaired) electrons. The largest absolute Gasteiger partial charge is 0.366 e. The number of fused-ring (bicyclic) bond motifs is 1. The summed E-state index contributed by atoms with van der Waals surface area (Å²) in [5, 5.41) is 24.2. The van der Waals surface area contributed by atoms with Gasteiger partial charge >= 0.3 is 0 Å². The predicted octanol–water partition coefficient (Wildman–Crippen LogP) is 2.06. The van der Waals surface area contributed by atoms with Crippen molar-refractivity contribution in [3.05, 3.63) is 39.9 Å². The average Bonchev–Trinajstić information content (AvgIpc) is 2.62. The van der Waals surface area contributed by atoms with E-state index in [0.717, 1.165) is 32.7 Å². The monoisotopic (exact) mass is 354 g/mol.